The van der Waals surface area contributed by atoms with Gasteiger partial charge in [0, 0.05) is 12.2 Å². The zero-order valence-electron chi connectivity index (χ0n) is 15.8. The van der Waals surface area contributed by atoms with E-state index in [1.807, 2.05) is 0 Å². The van der Waals surface area contributed by atoms with Gasteiger partial charge in [-0.25, -0.2) is 4.79 Å². The Morgan fingerprint density at radius 3 is 2.81 bits per heavy atom. The van der Waals surface area contributed by atoms with Gasteiger partial charge in [-0.15, -0.1) is 0 Å². The van der Waals surface area contributed by atoms with Gasteiger partial charge < -0.3 is 14.7 Å². The fraction of sp³-hybridized carbons (Fsp3) is 0.364. The number of methoxy groups -OCH3 is 1. The lowest BCUT2D eigenvalue weighted by molar-refractivity contribution is -0.136. The molecule has 1 aromatic carbocycles. The molecule has 1 aliphatic heterocycles. The molecule has 1 heterocycles. The Morgan fingerprint density at radius 2 is 2.15 bits per heavy atom. The quantitative estimate of drug-likeness (QED) is 0.486. The van der Waals surface area contributed by atoms with Crippen molar-refractivity contribution in [3.8, 4) is 5.75 Å². The van der Waals surface area contributed by atoms with Gasteiger partial charge in [0.1, 0.15) is 5.75 Å². The number of carbonyl (C=O) groups is 2. The van der Waals surface area contributed by atoms with Crippen LogP contribution in [0.2, 0.25) is 0 Å². The van der Waals surface area contributed by atoms with Gasteiger partial charge >= 0.3 is 5.97 Å². The number of nitrogens with zero attached hydrogens (tertiary/aromatic N) is 1. The summed E-state index contributed by atoms with van der Waals surface area (Å²) >= 11 is 0. The minimum Gasteiger partial charge on any atom is -0.508 e. The van der Waals surface area contributed by atoms with E-state index in [0.29, 0.717) is 29.0 Å². The lowest BCUT2D eigenvalue weighted by Crippen LogP contribution is -2.26. The second kappa shape index (κ2) is 8.25. The summed E-state index contributed by atoms with van der Waals surface area (Å²) in [6.45, 7) is 2.33. The zero-order chi connectivity index (χ0) is 19.4. The van der Waals surface area contributed by atoms with Crippen molar-refractivity contribution in [2.24, 2.45) is 0 Å². The normalized spacial score (nSPS) is 18.9. The molecule has 1 N–H and O–H groups in total. The van der Waals surface area contributed by atoms with E-state index < -0.39 is 5.97 Å². The number of allylic oxidation sites excluding steroid dienone is 2. The summed E-state index contributed by atoms with van der Waals surface area (Å²) in [7, 11) is 1.31. The number of carbonyl (C=O) groups excluding carboxylic acids is 2. The number of ether oxygens (including phenoxy) is 1. The molecule has 5 heteroatoms. The number of aromatic hydroxyl groups is 1. The lowest BCUT2D eigenvalue weighted by atomic mass is 9.97. The fourth-order valence-corrected chi connectivity index (χ4v) is 3.67. The molecule has 0 atom stereocenters. The minimum absolute atomic E-state index is 0.108. The number of benzene rings is 1. The Morgan fingerprint density at radius 1 is 1.33 bits per heavy atom. The van der Waals surface area contributed by atoms with Gasteiger partial charge in [0.25, 0.3) is 5.91 Å². The van der Waals surface area contributed by atoms with Crippen molar-refractivity contribution in [2.75, 3.05) is 13.7 Å². The molecule has 0 unspecified atom stereocenters. The van der Waals surface area contributed by atoms with Crippen molar-refractivity contribution in [3.05, 3.63) is 58.3 Å². The highest BCUT2D eigenvalue weighted by Crippen LogP contribution is 2.33. The van der Waals surface area contributed by atoms with Crippen LogP contribution in [0.25, 0.3) is 6.08 Å². The van der Waals surface area contributed by atoms with E-state index >= 15 is 0 Å². The van der Waals surface area contributed by atoms with E-state index in [1.165, 1.54) is 25.5 Å². The highest BCUT2D eigenvalue weighted by Gasteiger charge is 2.36. The van der Waals surface area contributed by atoms with Crippen LogP contribution >= 0.6 is 0 Å². The first-order chi connectivity index (χ1) is 13.0. The fourth-order valence-electron chi connectivity index (χ4n) is 3.67. The lowest BCUT2D eigenvalue weighted by Gasteiger charge is -2.20. The maximum atomic E-state index is 13.0. The molecule has 0 saturated carbocycles. The number of hydrogen-bond donors (Lipinski definition) is 1. The summed E-state index contributed by atoms with van der Waals surface area (Å²) in [6, 6.07) is 6.59. The van der Waals surface area contributed by atoms with E-state index in [0.717, 1.165) is 19.3 Å². The van der Waals surface area contributed by atoms with Crippen LogP contribution in [0.4, 0.5) is 0 Å². The highest BCUT2D eigenvalue weighted by molar-refractivity contribution is 6.16. The summed E-state index contributed by atoms with van der Waals surface area (Å²) in [5, 5.41) is 9.67. The third-order valence-electron chi connectivity index (χ3n) is 5.12. The Labute approximate surface area is 159 Å². The summed E-state index contributed by atoms with van der Waals surface area (Å²) in [5.74, 6) is -0.615. The molecule has 0 spiro atoms. The predicted molar refractivity (Wildman–Crippen MR) is 104 cm³/mol. The van der Waals surface area contributed by atoms with E-state index in [2.05, 4.69) is 6.08 Å². The molecular formula is C22H25NO4. The molecule has 2 aliphatic rings. The number of phenols is 1. The number of phenolic OH excluding ortho intramolecular Hbond substituents is 1. The third-order valence-corrected chi connectivity index (χ3v) is 5.12. The smallest absolute Gasteiger partial charge is 0.340 e. The van der Waals surface area contributed by atoms with Crippen LogP contribution < -0.4 is 0 Å². The van der Waals surface area contributed by atoms with Crippen molar-refractivity contribution in [1.29, 1.82) is 0 Å². The second-order valence-corrected chi connectivity index (χ2v) is 6.92. The molecular weight excluding hydrogens is 342 g/mol. The monoisotopic (exact) mass is 367 g/mol. The van der Waals surface area contributed by atoms with E-state index in [4.69, 9.17) is 4.74 Å². The molecule has 142 valence electrons. The molecule has 3 rings (SSSR count). The Balaban J connectivity index is 1.90. The van der Waals surface area contributed by atoms with E-state index in [1.54, 1.807) is 42.2 Å². The van der Waals surface area contributed by atoms with Crippen molar-refractivity contribution < 1.29 is 19.4 Å². The summed E-state index contributed by atoms with van der Waals surface area (Å²) in [5.41, 5.74) is 3.26. The maximum Gasteiger partial charge on any atom is 0.340 e. The molecule has 0 fully saturated rings. The number of hydrogen-bond acceptors (Lipinski definition) is 4. The predicted octanol–water partition coefficient (Wildman–Crippen LogP) is 3.96. The number of esters is 1. The average molecular weight is 367 g/mol. The summed E-state index contributed by atoms with van der Waals surface area (Å²) < 4.78 is 4.91. The van der Waals surface area contributed by atoms with Gasteiger partial charge in [-0.3, -0.25) is 4.79 Å². The SMILES string of the molecule is COC(=O)C1=C(C)N(CCC2=CCCCC2)C(=O)/C1=C\c1cccc(O)c1. The van der Waals surface area contributed by atoms with E-state index in [-0.39, 0.29) is 11.7 Å². The Bertz CT molecular complexity index is 848. The van der Waals surface area contributed by atoms with Crippen LogP contribution in [-0.4, -0.2) is 35.5 Å². The molecule has 0 bridgehead atoms. The Hall–Kier alpha value is -2.82. The molecule has 1 aliphatic carbocycles. The van der Waals surface area contributed by atoms with Gasteiger partial charge in [-0.2, -0.15) is 0 Å². The van der Waals surface area contributed by atoms with Crippen molar-refractivity contribution >= 4 is 18.0 Å². The van der Waals surface area contributed by atoms with Crippen molar-refractivity contribution in [2.45, 2.75) is 39.0 Å². The van der Waals surface area contributed by atoms with E-state index in [9.17, 15) is 14.7 Å². The van der Waals surface area contributed by atoms with Crippen LogP contribution in [0.15, 0.2) is 52.8 Å². The topological polar surface area (TPSA) is 66.8 Å². The average Bonchev–Trinajstić information content (AvgIpc) is 2.90. The van der Waals surface area contributed by atoms with Gasteiger partial charge in [0.05, 0.1) is 18.3 Å². The number of amides is 1. The minimum atomic E-state index is -0.522. The Kier molecular flexibility index (Phi) is 5.79. The zero-order valence-corrected chi connectivity index (χ0v) is 15.8. The maximum absolute atomic E-state index is 13.0. The largest absolute Gasteiger partial charge is 0.508 e. The summed E-state index contributed by atoms with van der Waals surface area (Å²) in [6.07, 6.45) is 9.34. The first kappa shape index (κ1) is 19.0. The molecule has 0 radical (unpaired) electrons. The first-order valence-electron chi connectivity index (χ1n) is 9.31. The van der Waals surface area contributed by atoms with Crippen molar-refractivity contribution in [1.82, 2.24) is 4.90 Å². The molecule has 0 aromatic heterocycles. The standard InChI is InChI=1S/C22H25NO4/c1-15-20(22(26)27-2)19(14-17-9-6-10-18(24)13-17)21(25)23(15)12-11-16-7-4-3-5-8-16/h6-7,9-10,13-14,24H,3-5,8,11-12H2,1-2H3/b19-14-. The van der Waals surface area contributed by atoms with Gasteiger partial charge in [0.2, 0.25) is 0 Å². The molecule has 27 heavy (non-hydrogen) atoms. The van der Waals surface area contributed by atoms with Crippen LogP contribution in [-0.2, 0) is 14.3 Å². The second-order valence-electron chi connectivity index (χ2n) is 6.92. The van der Waals surface area contributed by atoms with Crippen molar-refractivity contribution in [3.63, 3.8) is 0 Å². The molecule has 5 nitrogen and oxygen atoms in total. The summed E-state index contributed by atoms with van der Waals surface area (Å²) in [4.78, 5) is 27.0. The van der Waals surface area contributed by atoms with Gasteiger partial charge in [-0.05, 0) is 62.8 Å². The van der Waals surface area contributed by atoms with Crippen LogP contribution in [0, 0.1) is 0 Å². The highest BCUT2D eigenvalue weighted by atomic mass is 16.5. The van der Waals surface area contributed by atoms with Gasteiger partial charge in [0.15, 0.2) is 0 Å². The third kappa shape index (κ3) is 4.13. The molecule has 1 amide bonds. The van der Waals surface area contributed by atoms with Gasteiger partial charge in [-0.1, -0.05) is 23.8 Å². The molecule has 0 saturated heterocycles. The van der Waals surface area contributed by atoms with Crippen LogP contribution in [0.3, 0.4) is 0 Å². The first-order valence-corrected chi connectivity index (χ1v) is 9.31. The number of rotatable bonds is 5. The van der Waals surface area contributed by atoms with Crippen LogP contribution in [0.1, 0.15) is 44.6 Å². The van der Waals surface area contributed by atoms with Crippen LogP contribution in [0.5, 0.6) is 5.75 Å². The molecule has 1 aromatic rings.